The van der Waals surface area contributed by atoms with E-state index in [1.54, 1.807) is 0 Å². The lowest BCUT2D eigenvalue weighted by Crippen LogP contribution is -2.44. The molecule has 0 aromatic rings. The van der Waals surface area contributed by atoms with E-state index in [9.17, 15) is 9.59 Å². The minimum absolute atomic E-state index is 0.0549. The Morgan fingerprint density at radius 3 is 2.42 bits per heavy atom. The van der Waals surface area contributed by atoms with Crippen LogP contribution in [0.5, 0.6) is 0 Å². The molecule has 1 heterocycles. The highest BCUT2D eigenvalue weighted by atomic mass is 16.6. The van der Waals surface area contributed by atoms with Crippen LogP contribution in [0, 0.1) is 0 Å². The van der Waals surface area contributed by atoms with Gasteiger partial charge in [-0.05, 0) is 0 Å². The van der Waals surface area contributed by atoms with Crippen molar-refractivity contribution in [2.24, 2.45) is 0 Å². The molecule has 1 rings (SSSR count). The van der Waals surface area contributed by atoms with Gasteiger partial charge in [0.1, 0.15) is 19.6 Å². The fourth-order valence-corrected chi connectivity index (χ4v) is 0.730. The Morgan fingerprint density at radius 1 is 1.17 bits per heavy atom. The average Bonchev–Trinajstić information content (AvgIpc) is 1.95. The lowest BCUT2D eigenvalue weighted by Gasteiger charge is -2.21. The van der Waals surface area contributed by atoms with E-state index in [2.05, 4.69) is 9.47 Å². The molecule has 0 unspecified atom stereocenters. The maximum atomic E-state index is 10.7. The number of carbonyl (C=O) groups excluding carboxylic acids is 2. The first-order valence-corrected chi connectivity index (χ1v) is 3.30. The number of hydrogen-bond donors (Lipinski definition) is 2. The third kappa shape index (κ3) is 1.93. The molecule has 6 heteroatoms. The molecule has 2 N–H and O–H groups in total. The molecule has 1 fully saturated rings. The third-order valence-electron chi connectivity index (χ3n) is 1.30. The molecule has 1 aliphatic heterocycles. The van der Waals surface area contributed by atoms with Crippen molar-refractivity contribution in [2.75, 3.05) is 13.2 Å². The minimum Gasteiger partial charge on any atom is -0.462 e. The van der Waals surface area contributed by atoms with Crippen LogP contribution < -0.4 is 0 Å². The zero-order valence-electron chi connectivity index (χ0n) is 6.15. The molecular formula is C6H8O6. The molecule has 0 aromatic carbocycles. The molecule has 0 amide bonds. The highest BCUT2D eigenvalue weighted by Gasteiger charge is 2.39. The van der Waals surface area contributed by atoms with Gasteiger partial charge in [0, 0.05) is 0 Å². The lowest BCUT2D eigenvalue weighted by atomic mass is 10.2. The fourth-order valence-electron chi connectivity index (χ4n) is 0.730. The van der Waals surface area contributed by atoms with Crippen molar-refractivity contribution in [3.63, 3.8) is 0 Å². The molecular weight excluding hydrogens is 168 g/mol. The van der Waals surface area contributed by atoms with E-state index in [1.807, 2.05) is 0 Å². The van der Waals surface area contributed by atoms with Crippen molar-refractivity contribution < 1.29 is 29.3 Å². The topological polar surface area (TPSA) is 93.1 Å². The minimum atomic E-state index is -2.75. The second-order valence-electron chi connectivity index (χ2n) is 2.35. The number of ether oxygens (including phenoxy) is 2. The Kier molecular flexibility index (Phi) is 2.30. The average molecular weight is 176 g/mol. The summed E-state index contributed by atoms with van der Waals surface area (Å²) in [5, 5.41) is 17.8. The Labute approximate surface area is 67.7 Å². The molecule has 0 radical (unpaired) electrons. The number of esters is 2. The van der Waals surface area contributed by atoms with Gasteiger partial charge in [-0.2, -0.15) is 0 Å². The normalized spacial score (nSPS) is 23.5. The first kappa shape index (κ1) is 8.95. The van der Waals surface area contributed by atoms with E-state index in [0.717, 1.165) is 0 Å². The SMILES string of the molecule is O=C1CC(O)(O)C(=O)OCCO1. The van der Waals surface area contributed by atoms with Crippen LogP contribution in [0.25, 0.3) is 0 Å². The van der Waals surface area contributed by atoms with Crippen molar-refractivity contribution in [1.29, 1.82) is 0 Å². The summed E-state index contributed by atoms with van der Waals surface area (Å²) >= 11 is 0. The van der Waals surface area contributed by atoms with E-state index in [-0.39, 0.29) is 13.2 Å². The quantitative estimate of drug-likeness (QED) is 0.332. The van der Waals surface area contributed by atoms with Crippen LogP contribution in [0.1, 0.15) is 6.42 Å². The molecule has 0 bridgehead atoms. The summed E-state index contributed by atoms with van der Waals surface area (Å²) in [7, 11) is 0. The number of aliphatic hydroxyl groups is 2. The molecule has 0 atom stereocenters. The van der Waals surface area contributed by atoms with Gasteiger partial charge in [0.05, 0.1) is 0 Å². The molecule has 1 aliphatic rings. The number of rotatable bonds is 0. The number of cyclic esters (lactones) is 2. The second-order valence-corrected chi connectivity index (χ2v) is 2.35. The third-order valence-corrected chi connectivity index (χ3v) is 1.30. The summed E-state index contributed by atoms with van der Waals surface area (Å²) in [4.78, 5) is 21.4. The monoisotopic (exact) mass is 176 g/mol. The Bertz CT molecular complexity index is 208. The zero-order valence-corrected chi connectivity index (χ0v) is 6.15. The van der Waals surface area contributed by atoms with Crippen molar-refractivity contribution in [1.82, 2.24) is 0 Å². The summed E-state index contributed by atoms with van der Waals surface area (Å²) in [6.07, 6.45) is -0.800. The fraction of sp³-hybridized carbons (Fsp3) is 0.667. The summed E-state index contributed by atoms with van der Waals surface area (Å²) in [5.41, 5.74) is 0. The van der Waals surface area contributed by atoms with E-state index in [1.165, 1.54) is 0 Å². The van der Waals surface area contributed by atoms with Crippen LogP contribution in [0.3, 0.4) is 0 Å². The van der Waals surface area contributed by atoms with E-state index in [4.69, 9.17) is 10.2 Å². The van der Waals surface area contributed by atoms with Crippen LogP contribution >= 0.6 is 0 Å². The van der Waals surface area contributed by atoms with Crippen molar-refractivity contribution in [2.45, 2.75) is 12.2 Å². The zero-order chi connectivity index (χ0) is 9.19. The maximum Gasteiger partial charge on any atom is 0.367 e. The van der Waals surface area contributed by atoms with E-state index in [0.29, 0.717) is 0 Å². The van der Waals surface area contributed by atoms with Gasteiger partial charge in [0.15, 0.2) is 0 Å². The molecule has 1 saturated heterocycles. The predicted octanol–water partition coefficient (Wildman–Crippen LogP) is -1.84. The maximum absolute atomic E-state index is 10.7. The summed E-state index contributed by atoms with van der Waals surface area (Å²) in [5.74, 6) is -4.81. The summed E-state index contributed by atoms with van der Waals surface area (Å²) < 4.78 is 8.76. The van der Waals surface area contributed by atoms with Gasteiger partial charge in [-0.25, -0.2) is 4.79 Å². The Morgan fingerprint density at radius 2 is 1.75 bits per heavy atom. The van der Waals surface area contributed by atoms with Gasteiger partial charge in [-0.3, -0.25) is 4.79 Å². The van der Waals surface area contributed by atoms with Gasteiger partial charge in [-0.15, -0.1) is 0 Å². The van der Waals surface area contributed by atoms with Crippen LogP contribution in [0.2, 0.25) is 0 Å². The molecule has 0 saturated carbocycles. The summed E-state index contributed by atoms with van der Waals surface area (Å²) in [6, 6.07) is 0. The van der Waals surface area contributed by atoms with Gasteiger partial charge in [0.2, 0.25) is 0 Å². The van der Waals surface area contributed by atoms with Gasteiger partial charge in [-0.1, -0.05) is 0 Å². The van der Waals surface area contributed by atoms with Crippen LogP contribution in [-0.4, -0.2) is 41.2 Å². The summed E-state index contributed by atoms with van der Waals surface area (Å²) in [6.45, 7) is -0.214. The Balaban J connectivity index is 2.69. The molecule has 6 nitrogen and oxygen atoms in total. The number of hydrogen-bond acceptors (Lipinski definition) is 6. The smallest absolute Gasteiger partial charge is 0.367 e. The first-order chi connectivity index (χ1) is 5.52. The predicted molar refractivity (Wildman–Crippen MR) is 33.7 cm³/mol. The van der Waals surface area contributed by atoms with Crippen molar-refractivity contribution >= 4 is 11.9 Å². The van der Waals surface area contributed by atoms with Crippen molar-refractivity contribution in [3.8, 4) is 0 Å². The van der Waals surface area contributed by atoms with Crippen LogP contribution in [0.4, 0.5) is 0 Å². The molecule has 0 aromatic heterocycles. The van der Waals surface area contributed by atoms with Gasteiger partial charge < -0.3 is 19.7 Å². The van der Waals surface area contributed by atoms with Gasteiger partial charge in [0.25, 0.3) is 5.79 Å². The van der Waals surface area contributed by atoms with Crippen LogP contribution in [-0.2, 0) is 19.1 Å². The molecule has 12 heavy (non-hydrogen) atoms. The molecule has 0 aliphatic carbocycles. The second kappa shape index (κ2) is 3.08. The number of carbonyl (C=O) groups is 2. The first-order valence-electron chi connectivity index (χ1n) is 3.30. The Hall–Kier alpha value is -1.14. The standard InChI is InChI=1S/C6H8O6/c7-4-3-6(9,10)5(8)12-2-1-11-4/h9-10H,1-3H2. The highest BCUT2D eigenvalue weighted by molar-refractivity contribution is 5.84. The van der Waals surface area contributed by atoms with Crippen LogP contribution in [0.15, 0.2) is 0 Å². The van der Waals surface area contributed by atoms with Gasteiger partial charge >= 0.3 is 11.9 Å². The lowest BCUT2D eigenvalue weighted by molar-refractivity contribution is -0.221. The van der Waals surface area contributed by atoms with Crippen molar-refractivity contribution in [3.05, 3.63) is 0 Å². The molecule has 0 spiro atoms. The molecule has 68 valence electrons. The van der Waals surface area contributed by atoms with E-state index >= 15 is 0 Å². The van der Waals surface area contributed by atoms with E-state index < -0.39 is 24.1 Å². The largest absolute Gasteiger partial charge is 0.462 e. The highest BCUT2D eigenvalue weighted by Crippen LogP contribution is 2.11.